The van der Waals surface area contributed by atoms with E-state index in [0.29, 0.717) is 34.1 Å². The molecule has 0 aliphatic carbocycles. The number of carbonyl (C=O) groups excluding carboxylic acids is 2. The van der Waals surface area contributed by atoms with Crippen LogP contribution in [0.1, 0.15) is 59.1 Å². The number of hydrogen-bond donors (Lipinski definition) is 0. The van der Waals surface area contributed by atoms with Crippen LogP contribution in [0.15, 0.2) is 84.9 Å². The number of carboxylic acid groups (broad SMARTS) is 2. The van der Waals surface area contributed by atoms with Gasteiger partial charge in [0.1, 0.15) is 23.0 Å². The third-order valence-corrected chi connectivity index (χ3v) is 7.02. The van der Waals surface area contributed by atoms with E-state index in [4.69, 9.17) is 9.47 Å². The number of hydrogen-bond acceptors (Lipinski definition) is 6. The molecular weight excluding hydrogens is 520 g/mol. The van der Waals surface area contributed by atoms with Gasteiger partial charge in [-0.15, -0.1) is 0 Å². The normalized spacial score (nSPS) is 15.7. The van der Waals surface area contributed by atoms with Crippen molar-refractivity contribution in [2.45, 2.75) is 38.5 Å². The Hall–Kier alpha value is -3.32. The number of rotatable bonds is 4. The molecule has 0 radical (unpaired) electrons. The first kappa shape index (κ1) is 28.7. The fourth-order valence-electron chi connectivity index (χ4n) is 5.29. The van der Waals surface area contributed by atoms with Crippen LogP contribution in [0.3, 0.4) is 0 Å². The van der Waals surface area contributed by atoms with Crippen molar-refractivity contribution >= 4 is 49.7 Å². The number of carboxylic acids is 2. The average molecular weight is 547 g/mol. The van der Waals surface area contributed by atoms with Crippen LogP contribution in [0.5, 0.6) is 23.0 Å². The average Bonchev–Trinajstić information content (AvgIpc) is 2.93. The van der Waals surface area contributed by atoms with Crippen LogP contribution in [0.25, 0.3) is 0 Å². The summed E-state index contributed by atoms with van der Waals surface area (Å²) in [5.74, 6) is -1.25. The molecule has 0 saturated carbocycles. The summed E-state index contributed by atoms with van der Waals surface area (Å²) >= 11 is 0. The number of aliphatic carboxylic acids is 2. The number of para-hydroxylation sites is 2. The minimum absolute atomic E-state index is 0. The topological polar surface area (TPSA) is 98.7 Å². The quantitative estimate of drug-likeness (QED) is 0.358. The Labute approximate surface area is 257 Å². The van der Waals surface area contributed by atoms with Crippen molar-refractivity contribution in [2.24, 2.45) is 0 Å². The van der Waals surface area contributed by atoms with Gasteiger partial charge in [0.2, 0.25) is 0 Å². The molecule has 39 heavy (non-hydrogen) atoms. The van der Waals surface area contributed by atoms with E-state index in [1.165, 1.54) is 0 Å². The fraction of sp³-hybridized carbons (Fsp3) is 0.188. The van der Waals surface area contributed by atoms with Gasteiger partial charge in [0.15, 0.2) is 0 Å². The van der Waals surface area contributed by atoms with Gasteiger partial charge in [-0.2, -0.15) is 0 Å². The molecule has 0 amide bonds. The van der Waals surface area contributed by atoms with Crippen molar-refractivity contribution in [2.75, 3.05) is 0 Å². The van der Waals surface area contributed by atoms with Crippen LogP contribution in [0.2, 0.25) is 0 Å². The first-order chi connectivity index (χ1) is 18.4. The van der Waals surface area contributed by atoms with Crippen LogP contribution in [-0.4, -0.2) is 49.7 Å². The van der Waals surface area contributed by atoms with Crippen molar-refractivity contribution in [3.8, 4) is 23.0 Å². The zero-order valence-electron chi connectivity index (χ0n) is 21.8. The second-order valence-electron chi connectivity index (χ2n) is 9.15. The SMILES string of the molecule is CCc1cccc2c1C(C(=O)[O-])c1ccccc1O2.CCc1cccc2c1C(C(=O)[O-])c1ccccc1O2.[Ca+2]. The van der Waals surface area contributed by atoms with Crippen LogP contribution in [0.4, 0.5) is 0 Å². The number of ether oxygens (including phenoxy) is 2. The number of fused-ring (bicyclic) bond motifs is 4. The van der Waals surface area contributed by atoms with Gasteiger partial charge in [0, 0.05) is 22.3 Å². The zero-order valence-corrected chi connectivity index (χ0v) is 24.0. The monoisotopic (exact) mass is 546 g/mol. The molecule has 6 nitrogen and oxygen atoms in total. The first-order valence-corrected chi connectivity index (χ1v) is 12.6. The van der Waals surface area contributed by atoms with E-state index >= 15 is 0 Å². The maximum atomic E-state index is 11.6. The number of carbonyl (C=O) groups is 2. The van der Waals surface area contributed by atoms with Gasteiger partial charge >= 0.3 is 37.7 Å². The van der Waals surface area contributed by atoms with E-state index in [9.17, 15) is 19.8 Å². The molecule has 7 heteroatoms. The van der Waals surface area contributed by atoms with Gasteiger partial charge < -0.3 is 29.3 Å². The molecule has 0 saturated heterocycles. The maximum Gasteiger partial charge on any atom is 2.00 e. The summed E-state index contributed by atoms with van der Waals surface area (Å²) in [4.78, 5) is 23.2. The summed E-state index contributed by atoms with van der Waals surface area (Å²) in [6, 6.07) is 25.7. The largest absolute Gasteiger partial charge is 2.00 e. The Bertz CT molecular complexity index is 1410. The molecule has 0 spiro atoms. The fourth-order valence-corrected chi connectivity index (χ4v) is 5.29. The molecule has 2 unspecified atom stereocenters. The van der Waals surface area contributed by atoms with Crippen LogP contribution < -0.4 is 19.7 Å². The van der Waals surface area contributed by atoms with Crippen LogP contribution >= 0.6 is 0 Å². The predicted octanol–water partition coefficient (Wildman–Crippen LogP) is 4.09. The van der Waals surface area contributed by atoms with Crippen molar-refractivity contribution in [3.63, 3.8) is 0 Å². The van der Waals surface area contributed by atoms with Gasteiger partial charge in [0.05, 0.1) is 23.8 Å². The molecule has 4 aromatic rings. The molecule has 0 aromatic heterocycles. The van der Waals surface area contributed by atoms with Gasteiger partial charge in [-0.05, 0) is 48.2 Å². The van der Waals surface area contributed by atoms with Gasteiger partial charge in [-0.1, -0.05) is 74.5 Å². The second kappa shape index (κ2) is 12.2. The molecule has 2 heterocycles. The van der Waals surface area contributed by atoms with Gasteiger partial charge in [-0.3, -0.25) is 0 Å². The molecule has 2 aliphatic heterocycles. The Balaban J connectivity index is 0.000000176. The van der Waals surface area contributed by atoms with Crippen molar-refractivity contribution < 1.29 is 29.3 Å². The Morgan fingerprint density at radius 3 is 1.31 bits per heavy atom. The Morgan fingerprint density at radius 1 is 0.590 bits per heavy atom. The molecule has 6 rings (SSSR count). The van der Waals surface area contributed by atoms with E-state index < -0.39 is 23.8 Å². The van der Waals surface area contributed by atoms with Crippen molar-refractivity contribution in [1.82, 2.24) is 0 Å². The third kappa shape index (κ3) is 5.42. The van der Waals surface area contributed by atoms with E-state index in [1.54, 1.807) is 36.4 Å². The molecule has 2 aliphatic rings. The van der Waals surface area contributed by atoms with Gasteiger partial charge in [-0.25, -0.2) is 0 Å². The van der Waals surface area contributed by atoms with Crippen LogP contribution in [0, 0.1) is 0 Å². The van der Waals surface area contributed by atoms with Gasteiger partial charge in [0.25, 0.3) is 0 Å². The summed E-state index contributed by atoms with van der Waals surface area (Å²) < 4.78 is 11.6. The molecule has 0 N–H and O–H groups in total. The van der Waals surface area contributed by atoms with E-state index in [-0.39, 0.29) is 37.7 Å². The number of aryl methyl sites for hydroxylation is 2. The summed E-state index contributed by atoms with van der Waals surface area (Å²) in [5, 5.41) is 23.2. The molecule has 192 valence electrons. The smallest absolute Gasteiger partial charge is 0.549 e. The molecule has 4 aromatic carbocycles. The van der Waals surface area contributed by atoms with E-state index in [2.05, 4.69) is 0 Å². The van der Waals surface area contributed by atoms with E-state index in [0.717, 1.165) is 35.1 Å². The van der Waals surface area contributed by atoms with E-state index in [1.807, 2.05) is 62.4 Å². The summed E-state index contributed by atoms with van der Waals surface area (Å²) in [5.41, 5.74) is 4.75. The summed E-state index contributed by atoms with van der Waals surface area (Å²) in [6.45, 7) is 4.00. The summed E-state index contributed by atoms with van der Waals surface area (Å²) in [7, 11) is 0. The minimum atomic E-state index is -1.09. The first-order valence-electron chi connectivity index (χ1n) is 12.6. The third-order valence-electron chi connectivity index (χ3n) is 7.02. The standard InChI is InChI=1S/2C16H14O3.Ca/c2*1-2-10-6-5-9-13-14(10)15(16(17)18)11-7-3-4-8-12(11)19-13;/h2*3-9,15H,2H2,1H3,(H,17,18);/q;;+2/p-2. The number of benzene rings is 4. The van der Waals surface area contributed by atoms with Crippen molar-refractivity contribution in [1.29, 1.82) is 0 Å². The zero-order chi connectivity index (χ0) is 26.8. The van der Waals surface area contributed by atoms with Crippen molar-refractivity contribution in [3.05, 3.63) is 118 Å². The van der Waals surface area contributed by atoms with Crippen LogP contribution in [-0.2, 0) is 22.4 Å². The second-order valence-corrected chi connectivity index (χ2v) is 9.15. The maximum absolute atomic E-state index is 11.6. The Morgan fingerprint density at radius 2 is 0.949 bits per heavy atom. The minimum Gasteiger partial charge on any atom is -0.549 e. The Kier molecular flexibility index (Phi) is 9.01. The predicted molar refractivity (Wildman–Crippen MR) is 144 cm³/mol. The molecular formula is C32H26CaO6. The summed E-state index contributed by atoms with van der Waals surface area (Å²) in [6.07, 6.45) is 1.52. The molecule has 0 bridgehead atoms. The molecule has 2 atom stereocenters. The molecule has 0 fully saturated rings.